The van der Waals surface area contributed by atoms with Crippen molar-refractivity contribution in [1.82, 2.24) is 15.2 Å². The fourth-order valence-corrected chi connectivity index (χ4v) is 3.44. The molecule has 4 nitrogen and oxygen atoms in total. The van der Waals surface area contributed by atoms with Gasteiger partial charge in [0.1, 0.15) is 16.3 Å². The molecule has 140 valence electrons. The molecule has 28 heavy (non-hydrogen) atoms. The molecule has 0 aliphatic rings. The highest BCUT2D eigenvalue weighted by Crippen LogP contribution is 2.27. The molecule has 0 aliphatic heterocycles. The van der Waals surface area contributed by atoms with Gasteiger partial charge in [0.05, 0.1) is 0 Å². The van der Waals surface area contributed by atoms with Gasteiger partial charge in [0.15, 0.2) is 0 Å². The second-order valence-corrected chi connectivity index (χ2v) is 7.10. The fourth-order valence-electron chi connectivity index (χ4n) is 2.89. The maximum absolute atomic E-state index is 12.5. The zero-order chi connectivity index (χ0) is 19.5. The predicted molar refractivity (Wildman–Crippen MR) is 109 cm³/mol. The van der Waals surface area contributed by atoms with Gasteiger partial charge in [0.25, 0.3) is 0 Å². The second kappa shape index (κ2) is 7.82. The number of anilines is 1. The van der Waals surface area contributed by atoms with Crippen molar-refractivity contribution >= 4 is 33.6 Å². The smallest absolute Gasteiger partial charge is 0.242 e. The molecule has 1 N–H and O–H groups in total. The first-order chi connectivity index (χ1) is 13.6. The van der Waals surface area contributed by atoms with Crippen LogP contribution in [-0.2, 0) is 6.42 Å². The van der Waals surface area contributed by atoms with Crippen LogP contribution in [-0.4, -0.2) is 21.6 Å². The standard InChI is InChI=1S/C21H16F2N4S/c1-13(15-4-2-14(3-5-15)8-19(22)23)26-20-10-18-9-16(21-27-25-12-28-21)6-7-17(18)11-24-20/h2-7,9-12,19H,1,8H2,(H,24,26). The van der Waals surface area contributed by atoms with E-state index in [0.717, 1.165) is 26.9 Å². The lowest BCUT2D eigenvalue weighted by molar-refractivity contribution is 0.149. The highest BCUT2D eigenvalue weighted by molar-refractivity contribution is 7.12. The van der Waals surface area contributed by atoms with E-state index in [9.17, 15) is 8.78 Å². The lowest BCUT2D eigenvalue weighted by atomic mass is 10.1. The normalized spacial score (nSPS) is 11.1. The number of nitrogens with zero attached hydrogens (tertiary/aromatic N) is 3. The van der Waals surface area contributed by atoms with Crippen LogP contribution in [0.15, 0.2) is 66.8 Å². The summed E-state index contributed by atoms with van der Waals surface area (Å²) >= 11 is 1.49. The Balaban J connectivity index is 1.54. The summed E-state index contributed by atoms with van der Waals surface area (Å²) in [7, 11) is 0. The third kappa shape index (κ3) is 4.04. The van der Waals surface area contributed by atoms with Gasteiger partial charge in [-0.05, 0) is 28.6 Å². The van der Waals surface area contributed by atoms with Crippen molar-refractivity contribution < 1.29 is 8.78 Å². The molecule has 0 amide bonds. The van der Waals surface area contributed by atoms with Crippen molar-refractivity contribution in [1.29, 1.82) is 0 Å². The molecule has 2 heterocycles. The van der Waals surface area contributed by atoms with E-state index in [0.29, 0.717) is 17.1 Å². The van der Waals surface area contributed by atoms with Gasteiger partial charge in [-0.15, -0.1) is 10.2 Å². The van der Waals surface area contributed by atoms with Crippen LogP contribution in [0.2, 0.25) is 0 Å². The van der Waals surface area contributed by atoms with Crippen LogP contribution in [0.5, 0.6) is 0 Å². The Labute approximate surface area is 164 Å². The molecular formula is C21H16F2N4S. The van der Waals surface area contributed by atoms with Crippen molar-refractivity contribution in [2.24, 2.45) is 0 Å². The Kier molecular flexibility index (Phi) is 5.08. The summed E-state index contributed by atoms with van der Waals surface area (Å²) < 4.78 is 24.9. The number of alkyl halides is 2. The van der Waals surface area contributed by atoms with E-state index in [-0.39, 0.29) is 6.42 Å². The van der Waals surface area contributed by atoms with E-state index in [4.69, 9.17) is 0 Å². The fraction of sp³-hybridized carbons (Fsp3) is 0.0952. The summed E-state index contributed by atoms with van der Waals surface area (Å²) in [4.78, 5) is 4.43. The monoisotopic (exact) mass is 394 g/mol. The number of aromatic nitrogens is 3. The largest absolute Gasteiger partial charge is 0.340 e. The number of nitrogens with one attached hydrogen (secondary N) is 1. The summed E-state index contributed by atoms with van der Waals surface area (Å²) in [6, 6.07) is 14.9. The number of benzene rings is 2. The predicted octanol–water partition coefficient (Wildman–Crippen LogP) is 5.64. The van der Waals surface area contributed by atoms with Crippen LogP contribution in [0.3, 0.4) is 0 Å². The maximum atomic E-state index is 12.5. The molecular weight excluding hydrogens is 378 g/mol. The maximum Gasteiger partial charge on any atom is 0.242 e. The minimum absolute atomic E-state index is 0.247. The lowest BCUT2D eigenvalue weighted by Gasteiger charge is -2.11. The molecule has 0 unspecified atom stereocenters. The Morgan fingerprint density at radius 3 is 2.61 bits per heavy atom. The molecule has 4 rings (SSSR count). The summed E-state index contributed by atoms with van der Waals surface area (Å²) in [5, 5.41) is 14.1. The number of pyridine rings is 1. The molecule has 0 aliphatic carbocycles. The van der Waals surface area contributed by atoms with E-state index in [1.165, 1.54) is 11.3 Å². The van der Waals surface area contributed by atoms with E-state index < -0.39 is 6.43 Å². The average molecular weight is 394 g/mol. The van der Waals surface area contributed by atoms with Crippen LogP contribution < -0.4 is 5.32 Å². The van der Waals surface area contributed by atoms with Gasteiger partial charge < -0.3 is 5.32 Å². The minimum Gasteiger partial charge on any atom is -0.340 e. The molecule has 0 radical (unpaired) electrons. The van der Waals surface area contributed by atoms with Crippen LogP contribution in [0.4, 0.5) is 14.6 Å². The first-order valence-corrected chi connectivity index (χ1v) is 9.46. The number of fused-ring (bicyclic) bond motifs is 1. The Hall–Kier alpha value is -3.19. The zero-order valence-corrected chi connectivity index (χ0v) is 15.6. The van der Waals surface area contributed by atoms with E-state index in [2.05, 4.69) is 27.1 Å². The van der Waals surface area contributed by atoms with Gasteiger partial charge in [-0.1, -0.05) is 54.3 Å². The van der Waals surface area contributed by atoms with Crippen molar-refractivity contribution in [3.63, 3.8) is 0 Å². The first-order valence-electron chi connectivity index (χ1n) is 8.58. The average Bonchev–Trinajstić information content (AvgIpc) is 3.22. The van der Waals surface area contributed by atoms with Gasteiger partial charge >= 0.3 is 0 Å². The molecule has 0 saturated heterocycles. The Morgan fingerprint density at radius 2 is 1.89 bits per heavy atom. The summed E-state index contributed by atoms with van der Waals surface area (Å²) in [5.41, 5.74) is 4.77. The van der Waals surface area contributed by atoms with Crippen molar-refractivity contribution in [3.05, 3.63) is 77.9 Å². The number of halogens is 2. The topological polar surface area (TPSA) is 50.7 Å². The van der Waals surface area contributed by atoms with E-state index >= 15 is 0 Å². The highest BCUT2D eigenvalue weighted by atomic mass is 32.1. The van der Waals surface area contributed by atoms with Gasteiger partial charge in [0, 0.05) is 29.3 Å². The first kappa shape index (κ1) is 18.2. The number of hydrogen-bond donors (Lipinski definition) is 1. The SMILES string of the molecule is C=C(Nc1cc2cc(-c3nncs3)ccc2cn1)c1ccc(CC(F)F)cc1. The zero-order valence-electron chi connectivity index (χ0n) is 14.8. The Morgan fingerprint density at radius 1 is 1.07 bits per heavy atom. The van der Waals surface area contributed by atoms with Crippen molar-refractivity contribution in [2.45, 2.75) is 12.8 Å². The van der Waals surface area contributed by atoms with Gasteiger partial charge in [-0.2, -0.15) is 0 Å². The number of rotatable bonds is 6. The third-order valence-corrected chi connectivity index (χ3v) is 5.04. The van der Waals surface area contributed by atoms with E-state index in [1.54, 1.807) is 36.0 Å². The second-order valence-electron chi connectivity index (χ2n) is 6.27. The molecule has 7 heteroatoms. The summed E-state index contributed by atoms with van der Waals surface area (Å²) in [6.07, 6.45) is -0.803. The molecule has 0 saturated carbocycles. The molecule has 0 atom stereocenters. The van der Waals surface area contributed by atoms with Crippen LogP contribution >= 0.6 is 11.3 Å². The molecule has 0 fully saturated rings. The quantitative estimate of drug-likeness (QED) is 0.460. The van der Waals surface area contributed by atoms with Crippen LogP contribution in [0.25, 0.3) is 27.0 Å². The van der Waals surface area contributed by atoms with Crippen LogP contribution in [0.1, 0.15) is 11.1 Å². The highest BCUT2D eigenvalue weighted by Gasteiger charge is 2.07. The van der Waals surface area contributed by atoms with Gasteiger partial charge in [0.2, 0.25) is 6.43 Å². The van der Waals surface area contributed by atoms with Gasteiger partial charge in [-0.25, -0.2) is 13.8 Å². The van der Waals surface area contributed by atoms with Gasteiger partial charge in [-0.3, -0.25) is 0 Å². The van der Waals surface area contributed by atoms with E-state index in [1.807, 2.05) is 24.3 Å². The molecule has 0 spiro atoms. The number of hydrogen-bond acceptors (Lipinski definition) is 5. The van der Waals surface area contributed by atoms with Crippen LogP contribution in [0, 0.1) is 0 Å². The molecule has 0 bridgehead atoms. The molecule has 2 aromatic heterocycles. The van der Waals surface area contributed by atoms with Crippen molar-refractivity contribution in [3.8, 4) is 10.6 Å². The molecule has 4 aromatic rings. The summed E-state index contributed by atoms with van der Waals surface area (Å²) in [5.74, 6) is 0.656. The third-order valence-electron chi connectivity index (χ3n) is 4.30. The summed E-state index contributed by atoms with van der Waals surface area (Å²) in [6.45, 7) is 4.03. The Bertz CT molecular complexity index is 1110. The molecule has 2 aromatic carbocycles. The minimum atomic E-state index is -2.35. The van der Waals surface area contributed by atoms with Crippen molar-refractivity contribution in [2.75, 3.05) is 5.32 Å². The lowest BCUT2D eigenvalue weighted by Crippen LogP contribution is -2.01.